The van der Waals surface area contributed by atoms with E-state index in [1.807, 2.05) is 24.3 Å². The largest absolute Gasteiger partial charge is 0.468 e. The maximum Gasteiger partial charge on any atom is 0.325 e. The molecule has 2 rings (SSSR count). The highest BCUT2D eigenvalue weighted by atomic mass is 16.5. The van der Waals surface area contributed by atoms with Gasteiger partial charge >= 0.3 is 5.97 Å². The fourth-order valence-corrected chi connectivity index (χ4v) is 1.86. The van der Waals surface area contributed by atoms with Crippen molar-refractivity contribution in [2.45, 2.75) is 0 Å². The molecule has 1 aliphatic heterocycles. The molecule has 5 heteroatoms. The molecular formula is C13H18N2O3. The van der Waals surface area contributed by atoms with E-state index < -0.39 is 0 Å². The molecule has 98 valence electrons. The first kappa shape index (κ1) is 12.7. The molecule has 18 heavy (non-hydrogen) atoms. The molecule has 0 saturated carbocycles. The Labute approximate surface area is 107 Å². The third-order valence-electron chi connectivity index (χ3n) is 2.91. The van der Waals surface area contributed by atoms with Gasteiger partial charge in [0.15, 0.2) is 0 Å². The van der Waals surface area contributed by atoms with Crippen LogP contribution < -0.4 is 10.2 Å². The van der Waals surface area contributed by atoms with Crippen LogP contribution in [0, 0.1) is 0 Å². The van der Waals surface area contributed by atoms with Crippen molar-refractivity contribution < 1.29 is 14.3 Å². The molecule has 0 atom stereocenters. The molecule has 0 radical (unpaired) electrons. The number of nitrogens with zero attached hydrogens (tertiary/aromatic N) is 1. The number of nitrogens with one attached hydrogen (secondary N) is 1. The van der Waals surface area contributed by atoms with E-state index in [4.69, 9.17) is 4.74 Å². The first-order valence-corrected chi connectivity index (χ1v) is 6.03. The summed E-state index contributed by atoms with van der Waals surface area (Å²) in [4.78, 5) is 13.3. The molecule has 0 aliphatic carbocycles. The van der Waals surface area contributed by atoms with E-state index in [0.717, 1.165) is 32.0 Å². The Morgan fingerprint density at radius 3 is 2.61 bits per heavy atom. The SMILES string of the molecule is COC(=O)CNc1ccc(N2CCOCC2)cc1. The highest BCUT2D eigenvalue weighted by Crippen LogP contribution is 2.18. The zero-order valence-corrected chi connectivity index (χ0v) is 10.5. The molecule has 1 heterocycles. The Hall–Kier alpha value is -1.75. The van der Waals surface area contributed by atoms with Gasteiger partial charge in [0.05, 0.1) is 20.3 Å². The van der Waals surface area contributed by atoms with Gasteiger partial charge in [0.2, 0.25) is 0 Å². The average molecular weight is 250 g/mol. The maximum atomic E-state index is 11.0. The number of carbonyl (C=O) groups is 1. The number of methoxy groups -OCH3 is 1. The highest BCUT2D eigenvalue weighted by molar-refractivity contribution is 5.75. The van der Waals surface area contributed by atoms with Crippen LogP contribution in [0.5, 0.6) is 0 Å². The Balaban J connectivity index is 1.90. The van der Waals surface area contributed by atoms with Crippen LogP contribution in [0.4, 0.5) is 11.4 Å². The lowest BCUT2D eigenvalue weighted by atomic mass is 10.2. The molecule has 1 aromatic carbocycles. The fourth-order valence-electron chi connectivity index (χ4n) is 1.86. The molecule has 0 amide bonds. The smallest absolute Gasteiger partial charge is 0.325 e. The molecule has 1 N–H and O–H groups in total. The summed E-state index contributed by atoms with van der Waals surface area (Å²) in [6, 6.07) is 8.03. The summed E-state index contributed by atoms with van der Waals surface area (Å²) in [7, 11) is 1.38. The van der Waals surface area contributed by atoms with Crippen LogP contribution in [0.3, 0.4) is 0 Å². The number of hydrogen-bond donors (Lipinski definition) is 1. The van der Waals surface area contributed by atoms with Crippen LogP contribution in [0.2, 0.25) is 0 Å². The van der Waals surface area contributed by atoms with Gasteiger partial charge in [-0.15, -0.1) is 0 Å². The van der Waals surface area contributed by atoms with E-state index in [2.05, 4.69) is 15.0 Å². The zero-order chi connectivity index (χ0) is 12.8. The Morgan fingerprint density at radius 2 is 2.00 bits per heavy atom. The van der Waals surface area contributed by atoms with Crippen molar-refractivity contribution in [3.8, 4) is 0 Å². The van der Waals surface area contributed by atoms with Gasteiger partial charge in [-0.05, 0) is 24.3 Å². The van der Waals surface area contributed by atoms with E-state index >= 15 is 0 Å². The lowest BCUT2D eigenvalue weighted by molar-refractivity contribution is -0.138. The van der Waals surface area contributed by atoms with Crippen molar-refractivity contribution >= 4 is 17.3 Å². The minimum atomic E-state index is -0.271. The third-order valence-corrected chi connectivity index (χ3v) is 2.91. The molecule has 0 aromatic heterocycles. The van der Waals surface area contributed by atoms with Crippen molar-refractivity contribution in [3.05, 3.63) is 24.3 Å². The fraction of sp³-hybridized carbons (Fsp3) is 0.462. The Kier molecular flexibility index (Phi) is 4.41. The number of ether oxygens (including phenoxy) is 2. The summed E-state index contributed by atoms with van der Waals surface area (Å²) in [5.41, 5.74) is 2.10. The number of carbonyl (C=O) groups excluding carboxylic acids is 1. The van der Waals surface area contributed by atoms with Crippen LogP contribution in [0.1, 0.15) is 0 Å². The van der Waals surface area contributed by atoms with Crippen molar-refractivity contribution in [2.75, 3.05) is 50.2 Å². The van der Waals surface area contributed by atoms with Crippen LogP contribution in [-0.2, 0) is 14.3 Å². The van der Waals surface area contributed by atoms with Gasteiger partial charge in [0.25, 0.3) is 0 Å². The van der Waals surface area contributed by atoms with Crippen LogP contribution in [-0.4, -0.2) is 45.9 Å². The van der Waals surface area contributed by atoms with Crippen LogP contribution >= 0.6 is 0 Å². The predicted octanol–water partition coefficient (Wildman–Crippen LogP) is 1.11. The predicted molar refractivity (Wildman–Crippen MR) is 70.0 cm³/mol. The second-order valence-electron chi connectivity index (χ2n) is 4.08. The molecule has 0 bridgehead atoms. The molecule has 1 fully saturated rings. The summed E-state index contributed by atoms with van der Waals surface area (Å²) in [6.07, 6.45) is 0. The van der Waals surface area contributed by atoms with Gasteiger partial charge < -0.3 is 19.7 Å². The van der Waals surface area contributed by atoms with Gasteiger partial charge in [-0.25, -0.2) is 0 Å². The summed E-state index contributed by atoms with van der Waals surface area (Å²) >= 11 is 0. The highest BCUT2D eigenvalue weighted by Gasteiger charge is 2.10. The van der Waals surface area contributed by atoms with Gasteiger partial charge in [-0.1, -0.05) is 0 Å². The molecule has 1 aliphatic rings. The lowest BCUT2D eigenvalue weighted by Crippen LogP contribution is -2.36. The summed E-state index contributed by atoms with van der Waals surface area (Å²) in [5, 5.41) is 3.01. The van der Waals surface area contributed by atoms with Crippen molar-refractivity contribution in [1.82, 2.24) is 0 Å². The second-order valence-corrected chi connectivity index (χ2v) is 4.08. The number of hydrogen-bond acceptors (Lipinski definition) is 5. The van der Waals surface area contributed by atoms with Crippen molar-refractivity contribution in [2.24, 2.45) is 0 Å². The standard InChI is InChI=1S/C13H18N2O3/c1-17-13(16)10-14-11-2-4-12(5-3-11)15-6-8-18-9-7-15/h2-5,14H,6-10H2,1H3. The lowest BCUT2D eigenvalue weighted by Gasteiger charge is -2.28. The first-order valence-electron chi connectivity index (χ1n) is 6.03. The number of anilines is 2. The number of rotatable bonds is 4. The van der Waals surface area contributed by atoms with Crippen molar-refractivity contribution in [1.29, 1.82) is 0 Å². The summed E-state index contributed by atoms with van der Waals surface area (Å²) < 4.78 is 9.88. The molecule has 0 spiro atoms. The number of esters is 1. The quantitative estimate of drug-likeness (QED) is 0.811. The van der Waals surface area contributed by atoms with Gasteiger partial charge in [-0.3, -0.25) is 4.79 Å². The van der Waals surface area contributed by atoms with Gasteiger partial charge in [-0.2, -0.15) is 0 Å². The normalized spacial score (nSPS) is 15.3. The maximum absolute atomic E-state index is 11.0. The van der Waals surface area contributed by atoms with E-state index in [1.165, 1.54) is 12.8 Å². The first-order chi connectivity index (χ1) is 8.79. The van der Waals surface area contributed by atoms with E-state index in [-0.39, 0.29) is 12.5 Å². The Morgan fingerprint density at radius 1 is 1.33 bits per heavy atom. The minimum absolute atomic E-state index is 0.188. The monoisotopic (exact) mass is 250 g/mol. The molecule has 1 saturated heterocycles. The van der Waals surface area contributed by atoms with Crippen molar-refractivity contribution in [3.63, 3.8) is 0 Å². The number of morpholine rings is 1. The number of benzene rings is 1. The van der Waals surface area contributed by atoms with Crippen LogP contribution in [0.15, 0.2) is 24.3 Å². The van der Waals surface area contributed by atoms with Crippen LogP contribution in [0.25, 0.3) is 0 Å². The van der Waals surface area contributed by atoms with E-state index in [1.54, 1.807) is 0 Å². The minimum Gasteiger partial charge on any atom is -0.468 e. The molecule has 0 unspecified atom stereocenters. The van der Waals surface area contributed by atoms with E-state index in [0.29, 0.717) is 0 Å². The topological polar surface area (TPSA) is 50.8 Å². The molecule has 1 aromatic rings. The summed E-state index contributed by atoms with van der Waals surface area (Å²) in [5.74, 6) is -0.271. The second kappa shape index (κ2) is 6.26. The average Bonchev–Trinajstić information content (AvgIpc) is 2.46. The zero-order valence-electron chi connectivity index (χ0n) is 10.5. The Bertz CT molecular complexity index is 386. The van der Waals surface area contributed by atoms with Gasteiger partial charge in [0.1, 0.15) is 6.54 Å². The van der Waals surface area contributed by atoms with E-state index in [9.17, 15) is 4.79 Å². The molecule has 5 nitrogen and oxygen atoms in total. The molecular weight excluding hydrogens is 232 g/mol. The van der Waals surface area contributed by atoms with Gasteiger partial charge in [0, 0.05) is 24.5 Å². The third kappa shape index (κ3) is 3.37. The summed E-state index contributed by atoms with van der Waals surface area (Å²) in [6.45, 7) is 3.60.